The molecule has 0 radical (unpaired) electrons. The highest BCUT2D eigenvalue weighted by molar-refractivity contribution is 5.89. The molecule has 0 unspecified atom stereocenters. The van der Waals surface area contributed by atoms with Crippen LogP contribution in [0.15, 0.2) is 12.1 Å². The maximum Gasteiger partial charge on any atom is 0.161 e. The fraction of sp³-hybridized carbons (Fsp3) is 0.125. The molecule has 0 spiro atoms. The number of aromatic nitrogens is 2. The molecule has 0 saturated heterocycles. The number of nitrogens with zero attached hydrogens (tertiary/aromatic N) is 2. The Kier molecular flexibility index (Phi) is 1.48. The quantitative estimate of drug-likeness (QED) is 0.671. The zero-order valence-electron chi connectivity index (χ0n) is 6.88. The first kappa shape index (κ1) is 7.97. The van der Waals surface area contributed by atoms with Gasteiger partial charge in [-0.15, -0.1) is 0 Å². The SMILES string of the molecule is Cn1nc(N)c2cc(F)c(F)cc21. The minimum absolute atomic E-state index is 0.205. The molecule has 0 aliphatic carbocycles. The lowest BCUT2D eigenvalue weighted by atomic mass is 10.2. The van der Waals surface area contributed by atoms with Crippen LogP contribution in [0.2, 0.25) is 0 Å². The molecule has 0 atom stereocenters. The first-order valence-corrected chi connectivity index (χ1v) is 3.67. The summed E-state index contributed by atoms with van der Waals surface area (Å²) in [6.07, 6.45) is 0. The summed E-state index contributed by atoms with van der Waals surface area (Å²) in [5, 5.41) is 4.27. The third-order valence-electron chi connectivity index (χ3n) is 1.92. The predicted octanol–water partition coefficient (Wildman–Crippen LogP) is 1.43. The van der Waals surface area contributed by atoms with Crippen molar-refractivity contribution < 1.29 is 8.78 Å². The Hall–Kier alpha value is -1.65. The minimum atomic E-state index is -0.910. The van der Waals surface area contributed by atoms with E-state index in [9.17, 15) is 8.78 Å². The fourth-order valence-electron chi connectivity index (χ4n) is 1.28. The van der Waals surface area contributed by atoms with E-state index in [2.05, 4.69) is 5.10 Å². The van der Waals surface area contributed by atoms with Gasteiger partial charge in [-0.3, -0.25) is 4.68 Å². The van der Waals surface area contributed by atoms with E-state index in [0.29, 0.717) is 10.9 Å². The summed E-state index contributed by atoms with van der Waals surface area (Å²) in [5.41, 5.74) is 5.96. The number of halogens is 2. The van der Waals surface area contributed by atoms with E-state index < -0.39 is 11.6 Å². The summed E-state index contributed by atoms with van der Waals surface area (Å²) in [6, 6.07) is 2.13. The Labute approximate surface area is 72.8 Å². The number of fused-ring (bicyclic) bond motifs is 1. The van der Waals surface area contributed by atoms with Crippen molar-refractivity contribution in [3.8, 4) is 0 Å². The molecule has 3 nitrogen and oxygen atoms in total. The molecule has 0 saturated carbocycles. The van der Waals surface area contributed by atoms with Gasteiger partial charge in [0, 0.05) is 18.5 Å². The standard InChI is InChI=1S/C8H7F2N3/c1-13-7-3-6(10)5(9)2-4(7)8(11)12-13/h2-3H,1H3,(H2,11,12). The smallest absolute Gasteiger partial charge is 0.161 e. The molecule has 5 heteroatoms. The van der Waals surface area contributed by atoms with E-state index >= 15 is 0 Å². The van der Waals surface area contributed by atoms with Gasteiger partial charge in [0.2, 0.25) is 0 Å². The summed E-state index contributed by atoms with van der Waals surface area (Å²) in [4.78, 5) is 0. The summed E-state index contributed by atoms with van der Waals surface area (Å²) in [7, 11) is 1.62. The van der Waals surface area contributed by atoms with E-state index in [0.717, 1.165) is 12.1 Å². The van der Waals surface area contributed by atoms with Gasteiger partial charge >= 0.3 is 0 Å². The first-order chi connectivity index (χ1) is 6.09. The van der Waals surface area contributed by atoms with Crippen molar-refractivity contribution >= 4 is 16.7 Å². The van der Waals surface area contributed by atoms with Gasteiger partial charge in [-0.1, -0.05) is 0 Å². The van der Waals surface area contributed by atoms with Crippen molar-refractivity contribution in [3.63, 3.8) is 0 Å². The highest BCUT2D eigenvalue weighted by Crippen LogP contribution is 2.22. The van der Waals surface area contributed by atoms with Gasteiger partial charge < -0.3 is 5.73 Å². The van der Waals surface area contributed by atoms with Gasteiger partial charge in [-0.2, -0.15) is 5.10 Å². The van der Waals surface area contributed by atoms with Crippen molar-refractivity contribution in [2.24, 2.45) is 7.05 Å². The Bertz CT molecular complexity index is 434. The number of nitrogens with two attached hydrogens (primary N) is 1. The van der Waals surface area contributed by atoms with E-state index in [1.165, 1.54) is 4.68 Å². The topological polar surface area (TPSA) is 43.8 Å². The van der Waals surface area contributed by atoms with Crippen LogP contribution in [-0.4, -0.2) is 9.78 Å². The van der Waals surface area contributed by atoms with Gasteiger partial charge in [-0.05, 0) is 6.07 Å². The lowest BCUT2D eigenvalue weighted by molar-refractivity contribution is 0.510. The molecule has 0 amide bonds. The molecule has 13 heavy (non-hydrogen) atoms. The lowest BCUT2D eigenvalue weighted by Crippen LogP contribution is -1.91. The van der Waals surface area contributed by atoms with Gasteiger partial charge in [-0.25, -0.2) is 8.78 Å². The highest BCUT2D eigenvalue weighted by Gasteiger charge is 2.10. The Balaban J connectivity index is 2.91. The second-order valence-electron chi connectivity index (χ2n) is 2.79. The number of nitrogen functional groups attached to an aromatic ring is 1. The monoisotopic (exact) mass is 183 g/mol. The number of benzene rings is 1. The van der Waals surface area contributed by atoms with Gasteiger partial charge in [0.25, 0.3) is 0 Å². The number of aryl methyl sites for hydroxylation is 1. The van der Waals surface area contributed by atoms with E-state index in [4.69, 9.17) is 5.73 Å². The minimum Gasteiger partial charge on any atom is -0.382 e. The molecular weight excluding hydrogens is 176 g/mol. The van der Waals surface area contributed by atoms with Crippen LogP contribution >= 0.6 is 0 Å². The van der Waals surface area contributed by atoms with E-state index in [1.807, 2.05) is 0 Å². The van der Waals surface area contributed by atoms with Gasteiger partial charge in [0.15, 0.2) is 17.5 Å². The van der Waals surface area contributed by atoms with Crippen molar-refractivity contribution in [1.29, 1.82) is 0 Å². The van der Waals surface area contributed by atoms with Crippen LogP contribution in [0.1, 0.15) is 0 Å². The largest absolute Gasteiger partial charge is 0.382 e. The zero-order chi connectivity index (χ0) is 9.59. The molecule has 0 aliphatic rings. The zero-order valence-corrected chi connectivity index (χ0v) is 6.88. The molecule has 0 fully saturated rings. The number of rotatable bonds is 0. The van der Waals surface area contributed by atoms with Gasteiger partial charge in [0.1, 0.15) is 0 Å². The summed E-state index contributed by atoms with van der Waals surface area (Å²) in [6.45, 7) is 0. The molecule has 2 rings (SSSR count). The molecule has 1 aromatic carbocycles. The average molecular weight is 183 g/mol. The number of hydrogen-bond acceptors (Lipinski definition) is 2. The van der Waals surface area contributed by atoms with E-state index in [1.54, 1.807) is 7.05 Å². The Morgan fingerprint density at radius 1 is 1.31 bits per heavy atom. The maximum atomic E-state index is 12.8. The van der Waals surface area contributed by atoms with Crippen molar-refractivity contribution in [3.05, 3.63) is 23.8 Å². The van der Waals surface area contributed by atoms with Crippen LogP contribution in [0, 0.1) is 11.6 Å². The normalized spacial score (nSPS) is 11.0. The molecule has 0 aliphatic heterocycles. The number of hydrogen-bond donors (Lipinski definition) is 1. The molecule has 0 bridgehead atoms. The summed E-state index contributed by atoms with van der Waals surface area (Å²) < 4.78 is 27.0. The van der Waals surface area contributed by atoms with Gasteiger partial charge in [0.05, 0.1) is 5.52 Å². The predicted molar refractivity (Wildman–Crippen MR) is 45.0 cm³/mol. The maximum absolute atomic E-state index is 12.8. The van der Waals surface area contributed by atoms with Crippen LogP contribution in [0.5, 0.6) is 0 Å². The third kappa shape index (κ3) is 1.04. The molecule has 68 valence electrons. The average Bonchev–Trinajstić information content (AvgIpc) is 2.31. The molecule has 2 aromatic rings. The molecule has 1 aromatic heterocycles. The van der Waals surface area contributed by atoms with Crippen molar-refractivity contribution in [2.75, 3.05) is 5.73 Å². The van der Waals surface area contributed by atoms with E-state index in [-0.39, 0.29) is 5.82 Å². The molecule has 1 heterocycles. The van der Waals surface area contributed by atoms with Crippen LogP contribution < -0.4 is 5.73 Å². The fourth-order valence-corrected chi connectivity index (χ4v) is 1.28. The van der Waals surface area contributed by atoms with Crippen molar-refractivity contribution in [2.45, 2.75) is 0 Å². The first-order valence-electron chi connectivity index (χ1n) is 3.67. The summed E-state index contributed by atoms with van der Waals surface area (Å²) >= 11 is 0. The number of anilines is 1. The van der Waals surface area contributed by atoms with Crippen LogP contribution in [0.4, 0.5) is 14.6 Å². The third-order valence-corrected chi connectivity index (χ3v) is 1.92. The second-order valence-corrected chi connectivity index (χ2v) is 2.79. The molecular formula is C8H7F2N3. The van der Waals surface area contributed by atoms with Crippen LogP contribution in [-0.2, 0) is 7.05 Å². The van der Waals surface area contributed by atoms with Crippen LogP contribution in [0.25, 0.3) is 10.9 Å². The summed E-state index contributed by atoms with van der Waals surface area (Å²) in [5.74, 6) is -1.60. The Morgan fingerprint density at radius 3 is 2.62 bits per heavy atom. The van der Waals surface area contributed by atoms with Crippen LogP contribution in [0.3, 0.4) is 0 Å². The second kappa shape index (κ2) is 2.42. The van der Waals surface area contributed by atoms with Crippen molar-refractivity contribution in [1.82, 2.24) is 9.78 Å². The molecule has 2 N–H and O–H groups in total. The Morgan fingerprint density at radius 2 is 1.92 bits per heavy atom. The highest BCUT2D eigenvalue weighted by atomic mass is 19.2. The lowest BCUT2D eigenvalue weighted by Gasteiger charge is -1.94.